The van der Waals surface area contributed by atoms with Crippen molar-refractivity contribution in [3.8, 4) is 5.75 Å². The van der Waals surface area contributed by atoms with E-state index in [1.807, 2.05) is 0 Å². The monoisotopic (exact) mass is 806 g/mol. The minimum absolute atomic E-state index is 0.0306. The molecule has 0 heterocycles. The Labute approximate surface area is 332 Å². The predicted octanol–water partition coefficient (Wildman–Crippen LogP) is 7.14. The number of benzene rings is 4. The van der Waals surface area contributed by atoms with Crippen molar-refractivity contribution in [2.45, 2.75) is 58.4 Å². The molecule has 4 aromatic rings. The largest absolute Gasteiger partial charge is 0.497 e. The smallest absolute Gasteiger partial charge is 0.410 e. The molecule has 0 aliphatic carbocycles. The topological polar surface area (TPSA) is 147 Å². The quantitative estimate of drug-likeness (QED) is 0.0496. The van der Waals surface area contributed by atoms with Crippen LogP contribution in [-0.4, -0.2) is 80.4 Å². The number of methoxy groups -OCH3 is 1. The molecule has 0 aliphatic rings. The number of amides is 2. The molecule has 57 heavy (non-hydrogen) atoms. The Morgan fingerprint density at radius 2 is 1.60 bits per heavy atom. The van der Waals surface area contributed by atoms with Gasteiger partial charge in [-0.3, -0.25) is 4.79 Å². The van der Waals surface area contributed by atoms with Crippen LogP contribution in [0.15, 0.2) is 109 Å². The van der Waals surface area contributed by atoms with Crippen LogP contribution in [-0.2, 0) is 32.6 Å². The summed E-state index contributed by atoms with van der Waals surface area (Å²) < 4.78 is 67.4. The third-order valence-corrected chi connectivity index (χ3v) is 9.36. The molecular formula is C42H48F2N4O8S. The van der Waals surface area contributed by atoms with Gasteiger partial charge in [-0.25, -0.2) is 26.3 Å². The summed E-state index contributed by atoms with van der Waals surface area (Å²) in [6.45, 7) is 9.95. The molecule has 0 unspecified atom stereocenters. The summed E-state index contributed by atoms with van der Waals surface area (Å²) in [6, 6.07) is 21.1. The Hall–Kier alpha value is -5.80. The summed E-state index contributed by atoms with van der Waals surface area (Å²) in [5, 5.41) is 18.7. The van der Waals surface area contributed by atoms with Gasteiger partial charge < -0.3 is 29.6 Å². The molecule has 0 spiro atoms. The Balaban J connectivity index is 1.79. The number of hydrogen-bond donors (Lipinski definition) is 2. The molecule has 0 aliphatic heterocycles. The fourth-order valence-corrected chi connectivity index (χ4v) is 6.79. The van der Waals surface area contributed by atoms with Crippen molar-refractivity contribution in [2.75, 3.05) is 30.8 Å². The number of carbonyl (C=O) groups excluding carboxylic acids is 2. The van der Waals surface area contributed by atoms with Gasteiger partial charge in [0.15, 0.2) is 0 Å². The lowest BCUT2D eigenvalue weighted by molar-refractivity contribution is 0.00836. The van der Waals surface area contributed by atoms with E-state index in [2.05, 4.69) is 17.1 Å². The number of hydrogen-bond acceptors (Lipinski definition) is 9. The number of anilines is 2. The molecule has 4 aromatic carbocycles. The minimum atomic E-state index is -3.98. The van der Waals surface area contributed by atoms with Crippen LogP contribution in [0, 0.1) is 11.6 Å². The molecule has 0 saturated heterocycles. The first-order chi connectivity index (χ1) is 26.9. The van der Waals surface area contributed by atoms with Crippen LogP contribution >= 0.6 is 0 Å². The van der Waals surface area contributed by atoms with Crippen LogP contribution in [0.2, 0.25) is 0 Å². The summed E-state index contributed by atoms with van der Waals surface area (Å²) in [5.41, 5.74) is 0.807. The molecule has 15 heteroatoms. The third-order valence-electron chi connectivity index (χ3n) is 8.27. The molecule has 0 radical (unpaired) electrons. The standard InChI is InChI=1S/C42H48F2N4O8S/c1-8-17-55-46-28(2)31-22-32(24-36(23-31)48(57(7,52)53)35-14-10-9-11-15-35)40(50)45-38(21-30-18-33(43)25-34(44)19-30)39(49)27-47(41(51)56-42(3,4)5)26-29-13-12-16-37(20-29)54-6/h8-16,18-20,22-25,38-39,49H,1,17,21,26-27H2,2-7H3,(H,45,50)/b46-28+/t38-,39+/m0/s1. The number of rotatable bonds is 17. The van der Waals surface area contributed by atoms with Crippen LogP contribution in [0.4, 0.5) is 25.0 Å². The molecule has 12 nitrogen and oxygen atoms in total. The Morgan fingerprint density at radius 1 is 0.930 bits per heavy atom. The lowest BCUT2D eigenvalue weighted by atomic mass is 9.99. The van der Waals surface area contributed by atoms with Gasteiger partial charge in [0.05, 0.1) is 49.1 Å². The van der Waals surface area contributed by atoms with Gasteiger partial charge in [0, 0.05) is 23.7 Å². The van der Waals surface area contributed by atoms with Gasteiger partial charge in [-0.1, -0.05) is 48.1 Å². The van der Waals surface area contributed by atoms with Crippen molar-refractivity contribution < 1.29 is 46.2 Å². The van der Waals surface area contributed by atoms with Crippen LogP contribution in [0.1, 0.15) is 54.7 Å². The average molecular weight is 807 g/mol. The van der Waals surface area contributed by atoms with Crippen LogP contribution in [0.25, 0.3) is 0 Å². The van der Waals surface area contributed by atoms with E-state index in [4.69, 9.17) is 14.3 Å². The molecule has 2 N–H and O–H groups in total. The zero-order valence-corrected chi connectivity index (χ0v) is 33.6. The van der Waals surface area contributed by atoms with E-state index >= 15 is 0 Å². The zero-order valence-electron chi connectivity index (χ0n) is 32.7. The van der Waals surface area contributed by atoms with E-state index in [-0.39, 0.29) is 42.9 Å². The number of nitrogens with zero attached hydrogens (tertiary/aromatic N) is 3. The number of para-hydroxylation sites is 1. The second-order valence-electron chi connectivity index (χ2n) is 14.2. The molecule has 2 atom stereocenters. The first-order valence-corrected chi connectivity index (χ1v) is 19.7. The number of halogens is 2. The maximum absolute atomic E-state index is 14.4. The summed E-state index contributed by atoms with van der Waals surface area (Å²) in [5.74, 6) is -1.99. The third kappa shape index (κ3) is 13.1. The second-order valence-corrected chi connectivity index (χ2v) is 16.1. The number of aliphatic hydroxyl groups is 1. The van der Waals surface area contributed by atoms with Crippen molar-refractivity contribution in [3.05, 3.63) is 138 Å². The fraction of sp³-hybridized carbons (Fsp3) is 0.310. The summed E-state index contributed by atoms with van der Waals surface area (Å²) in [6.07, 6.45) is -0.0614. The molecule has 0 aromatic heterocycles. The lowest BCUT2D eigenvalue weighted by Crippen LogP contribution is -2.51. The van der Waals surface area contributed by atoms with E-state index in [9.17, 15) is 31.9 Å². The van der Waals surface area contributed by atoms with E-state index in [0.29, 0.717) is 34.3 Å². The highest BCUT2D eigenvalue weighted by Crippen LogP contribution is 2.31. The normalized spacial score (nSPS) is 12.9. The van der Waals surface area contributed by atoms with Crippen molar-refractivity contribution >= 4 is 39.1 Å². The Morgan fingerprint density at radius 3 is 2.21 bits per heavy atom. The molecular weight excluding hydrogens is 759 g/mol. The van der Waals surface area contributed by atoms with E-state index < -0.39 is 51.4 Å². The van der Waals surface area contributed by atoms with E-state index in [1.54, 1.807) is 82.3 Å². The number of carbonyl (C=O) groups is 2. The Bertz CT molecular complexity index is 2160. The average Bonchev–Trinajstić information content (AvgIpc) is 3.13. The number of aliphatic hydroxyl groups excluding tert-OH is 1. The number of oxime groups is 1. The van der Waals surface area contributed by atoms with Crippen molar-refractivity contribution in [2.24, 2.45) is 5.16 Å². The highest BCUT2D eigenvalue weighted by molar-refractivity contribution is 7.92. The van der Waals surface area contributed by atoms with Crippen molar-refractivity contribution in [1.29, 1.82) is 0 Å². The molecule has 304 valence electrons. The summed E-state index contributed by atoms with van der Waals surface area (Å²) in [4.78, 5) is 34.4. The van der Waals surface area contributed by atoms with Gasteiger partial charge in [0.1, 0.15) is 29.6 Å². The molecule has 0 fully saturated rings. The maximum atomic E-state index is 14.4. The molecule has 0 saturated carbocycles. The van der Waals surface area contributed by atoms with Gasteiger partial charge in [-0.15, -0.1) is 0 Å². The second kappa shape index (κ2) is 19.4. The highest BCUT2D eigenvalue weighted by Gasteiger charge is 2.30. The summed E-state index contributed by atoms with van der Waals surface area (Å²) in [7, 11) is -2.48. The lowest BCUT2D eigenvalue weighted by Gasteiger charge is -2.32. The fourth-order valence-electron chi connectivity index (χ4n) is 5.80. The van der Waals surface area contributed by atoms with Crippen LogP contribution in [0.5, 0.6) is 5.75 Å². The first-order valence-electron chi connectivity index (χ1n) is 17.9. The summed E-state index contributed by atoms with van der Waals surface area (Å²) >= 11 is 0. The number of ether oxygens (including phenoxy) is 2. The van der Waals surface area contributed by atoms with Gasteiger partial charge in [-0.05, 0) is 99.8 Å². The SMILES string of the molecule is C=CCO/N=C(\C)c1cc(C(=O)N[C@@H](Cc2cc(F)cc(F)c2)[C@H](O)CN(Cc2cccc(OC)c2)C(=O)OC(C)(C)C)cc(N(c2ccccc2)S(C)(=O)=O)c1. The van der Waals surface area contributed by atoms with Crippen LogP contribution in [0.3, 0.4) is 0 Å². The molecule has 2 amide bonds. The maximum Gasteiger partial charge on any atom is 0.410 e. The van der Waals surface area contributed by atoms with Crippen molar-refractivity contribution in [3.63, 3.8) is 0 Å². The van der Waals surface area contributed by atoms with E-state index in [1.165, 1.54) is 36.3 Å². The number of nitrogens with one attached hydrogen (secondary N) is 1. The van der Waals surface area contributed by atoms with Gasteiger partial charge in [-0.2, -0.15) is 0 Å². The van der Waals surface area contributed by atoms with Gasteiger partial charge >= 0.3 is 6.09 Å². The minimum Gasteiger partial charge on any atom is -0.497 e. The number of sulfonamides is 1. The Kier molecular flexibility index (Phi) is 14.9. The highest BCUT2D eigenvalue weighted by atomic mass is 32.2. The van der Waals surface area contributed by atoms with Crippen molar-refractivity contribution in [1.82, 2.24) is 10.2 Å². The van der Waals surface area contributed by atoms with Gasteiger partial charge in [0.2, 0.25) is 10.0 Å². The van der Waals surface area contributed by atoms with Gasteiger partial charge in [0.25, 0.3) is 5.91 Å². The first kappa shape index (κ1) is 43.9. The van der Waals surface area contributed by atoms with Crippen LogP contribution < -0.4 is 14.4 Å². The molecule has 4 rings (SSSR count). The predicted molar refractivity (Wildman–Crippen MR) is 215 cm³/mol. The van der Waals surface area contributed by atoms with E-state index in [0.717, 1.165) is 22.7 Å². The zero-order chi connectivity index (χ0) is 41.9. The molecule has 0 bridgehead atoms.